The van der Waals surface area contributed by atoms with Gasteiger partial charge in [0.1, 0.15) is 12.5 Å². The summed E-state index contributed by atoms with van der Waals surface area (Å²) in [6.07, 6.45) is 0.571. The summed E-state index contributed by atoms with van der Waals surface area (Å²) in [5.41, 5.74) is 0.137. The van der Waals surface area contributed by atoms with Gasteiger partial charge in [-0.3, -0.25) is 4.79 Å². The molecule has 0 saturated heterocycles. The number of aliphatic carboxylic acids is 1. The summed E-state index contributed by atoms with van der Waals surface area (Å²) in [5, 5.41) is 17.8. The molecule has 0 saturated carbocycles. The smallest absolute Gasteiger partial charge is 0.330 e. The Morgan fingerprint density at radius 2 is 2.13 bits per heavy atom. The van der Waals surface area contributed by atoms with Gasteiger partial charge in [0, 0.05) is 5.57 Å². The number of aliphatic hydroxyl groups excluding tert-OH is 1. The van der Waals surface area contributed by atoms with Gasteiger partial charge in [0.05, 0.1) is 6.10 Å². The Morgan fingerprint density at radius 3 is 2.60 bits per heavy atom. The molecule has 0 aromatic carbocycles. The highest BCUT2D eigenvalue weighted by molar-refractivity contribution is 6.26. The van der Waals surface area contributed by atoms with Gasteiger partial charge in [-0.15, -0.1) is 11.6 Å². The van der Waals surface area contributed by atoms with E-state index in [0.29, 0.717) is 0 Å². The average molecular weight is 237 g/mol. The minimum absolute atomic E-state index is 0.119. The van der Waals surface area contributed by atoms with Crippen LogP contribution >= 0.6 is 11.6 Å². The van der Waals surface area contributed by atoms with Crippen LogP contribution in [0.25, 0.3) is 0 Å². The van der Waals surface area contributed by atoms with E-state index in [1.807, 2.05) is 0 Å². The molecule has 6 heteroatoms. The van der Waals surface area contributed by atoms with Crippen LogP contribution in [0.1, 0.15) is 13.3 Å². The third kappa shape index (κ3) is 6.93. The number of carbonyl (C=O) groups excluding carboxylic acids is 1. The molecule has 0 aliphatic carbocycles. The number of carbonyl (C=O) groups is 2. The zero-order chi connectivity index (χ0) is 11.8. The largest absolute Gasteiger partial charge is 0.478 e. The summed E-state index contributed by atoms with van der Waals surface area (Å²) in [4.78, 5) is 21.0. The molecule has 0 radical (unpaired) electrons. The van der Waals surface area contributed by atoms with Crippen molar-refractivity contribution in [3.63, 3.8) is 0 Å². The Balaban J connectivity index is 3.84. The maximum atomic E-state index is 10.6. The first-order valence-corrected chi connectivity index (χ1v) is 4.80. The van der Waals surface area contributed by atoms with Crippen LogP contribution in [0.5, 0.6) is 0 Å². The highest BCUT2D eigenvalue weighted by Crippen LogP contribution is 2.00. The third-order valence-electron chi connectivity index (χ3n) is 1.58. The zero-order valence-corrected chi connectivity index (χ0v) is 9.03. The normalized spacial score (nSPS) is 13.4. The molecule has 0 spiro atoms. The van der Waals surface area contributed by atoms with E-state index in [-0.39, 0.29) is 24.5 Å². The minimum Gasteiger partial charge on any atom is -0.478 e. The molecule has 86 valence electrons. The van der Waals surface area contributed by atoms with Crippen molar-refractivity contribution in [2.75, 3.05) is 12.5 Å². The first-order chi connectivity index (χ1) is 6.97. The number of carboxylic acids is 1. The van der Waals surface area contributed by atoms with Crippen LogP contribution in [0.15, 0.2) is 11.6 Å². The monoisotopic (exact) mass is 236 g/mol. The number of rotatable bonds is 6. The molecule has 0 bridgehead atoms. The van der Waals surface area contributed by atoms with Crippen molar-refractivity contribution in [3.05, 3.63) is 11.6 Å². The predicted molar refractivity (Wildman–Crippen MR) is 53.7 cm³/mol. The summed E-state index contributed by atoms with van der Waals surface area (Å²) in [5.74, 6) is -1.92. The number of esters is 1. The predicted octanol–water partition coefficient (Wildman–Crippen LogP) is 0.550. The molecule has 15 heavy (non-hydrogen) atoms. The van der Waals surface area contributed by atoms with Crippen LogP contribution in [-0.2, 0) is 14.3 Å². The van der Waals surface area contributed by atoms with Crippen LogP contribution < -0.4 is 0 Å². The van der Waals surface area contributed by atoms with E-state index in [1.54, 1.807) is 0 Å². The van der Waals surface area contributed by atoms with Gasteiger partial charge in [0.15, 0.2) is 0 Å². The number of hydrogen-bond donors (Lipinski definition) is 2. The van der Waals surface area contributed by atoms with Gasteiger partial charge in [0.2, 0.25) is 0 Å². The standard InChI is InChI=1S/C9H13ClO5/c1-6(9(13)14)2-3-7(11)5-15-8(12)4-10/h2,7,11H,3-5H2,1H3,(H,13,14). The molecular weight excluding hydrogens is 224 g/mol. The maximum absolute atomic E-state index is 10.6. The van der Waals surface area contributed by atoms with Gasteiger partial charge in [-0.2, -0.15) is 0 Å². The second-order valence-corrected chi connectivity index (χ2v) is 3.17. The SMILES string of the molecule is CC(=CCC(O)COC(=O)CCl)C(=O)O. The molecular formula is C9H13ClO5. The number of carboxylic acid groups (broad SMARTS) is 1. The number of hydrogen-bond acceptors (Lipinski definition) is 4. The highest BCUT2D eigenvalue weighted by atomic mass is 35.5. The van der Waals surface area contributed by atoms with Gasteiger partial charge < -0.3 is 14.9 Å². The first-order valence-electron chi connectivity index (χ1n) is 4.27. The zero-order valence-electron chi connectivity index (χ0n) is 8.27. The molecule has 0 heterocycles. The molecule has 1 atom stereocenters. The number of halogens is 1. The Bertz CT molecular complexity index is 261. The molecule has 2 N–H and O–H groups in total. The lowest BCUT2D eigenvalue weighted by molar-refractivity contribution is -0.143. The molecule has 5 nitrogen and oxygen atoms in total. The van der Waals surface area contributed by atoms with Gasteiger partial charge in [-0.1, -0.05) is 6.08 Å². The molecule has 0 aliphatic rings. The maximum Gasteiger partial charge on any atom is 0.330 e. The summed E-state index contributed by atoms with van der Waals surface area (Å²) in [7, 11) is 0. The Morgan fingerprint density at radius 1 is 1.53 bits per heavy atom. The van der Waals surface area contributed by atoms with Gasteiger partial charge >= 0.3 is 11.9 Å². The number of aliphatic hydroxyl groups is 1. The van der Waals surface area contributed by atoms with Crippen molar-refractivity contribution in [1.82, 2.24) is 0 Å². The quantitative estimate of drug-likeness (QED) is 0.400. The lowest BCUT2D eigenvalue weighted by Crippen LogP contribution is -2.18. The van der Waals surface area contributed by atoms with Crippen molar-refractivity contribution in [3.8, 4) is 0 Å². The lowest BCUT2D eigenvalue weighted by Gasteiger charge is -2.08. The van der Waals surface area contributed by atoms with Crippen molar-refractivity contribution < 1.29 is 24.5 Å². The number of alkyl halides is 1. The summed E-state index contributed by atoms with van der Waals surface area (Å²) < 4.78 is 4.55. The molecule has 0 aliphatic heterocycles. The topological polar surface area (TPSA) is 83.8 Å². The van der Waals surface area contributed by atoms with Gasteiger partial charge in [-0.05, 0) is 13.3 Å². The Labute approximate surface area is 92.3 Å². The van der Waals surface area contributed by atoms with E-state index >= 15 is 0 Å². The van der Waals surface area contributed by atoms with E-state index < -0.39 is 18.0 Å². The Hall–Kier alpha value is -1.07. The van der Waals surface area contributed by atoms with Crippen molar-refractivity contribution in [1.29, 1.82) is 0 Å². The second-order valence-electron chi connectivity index (χ2n) is 2.90. The molecule has 0 amide bonds. The molecule has 0 fully saturated rings. The van der Waals surface area contributed by atoms with E-state index in [4.69, 9.17) is 16.7 Å². The van der Waals surface area contributed by atoms with Gasteiger partial charge in [0.25, 0.3) is 0 Å². The fourth-order valence-corrected chi connectivity index (χ4v) is 0.773. The minimum atomic E-state index is -1.04. The summed E-state index contributed by atoms with van der Waals surface area (Å²) in [6, 6.07) is 0. The van der Waals surface area contributed by atoms with Gasteiger partial charge in [-0.25, -0.2) is 4.79 Å². The molecule has 0 rings (SSSR count). The number of ether oxygens (including phenoxy) is 1. The van der Waals surface area contributed by atoms with E-state index in [1.165, 1.54) is 13.0 Å². The van der Waals surface area contributed by atoms with Crippen LogP contribution in [0.2, 0.25) is 0 Å². The van der Waals surface area contributed by atoms with Crippen LogP contribution in [0, 0.1) is 0 Å². The summed E-state index contributed by atoms with van der Waals surface area (Å²) in [6.45, 7) is 1.23. The van der Waals surface area contributed by atoms with Crippen LogP contribution in [0.3, 0.4) is 0 Å². The fraction of sp³-hybridized carbons (Fsp3) is 0.556. The first kappa shape index (κ1) is 13.9. The lowest BCUT2D eigenvalue weighted by atomic mass is 10.2. The highest BCUT2D eigenvalue weighted by Gasteiger charge is 2.07. The third-order valence-corrected chi connectivity index (χ3v) is 1.80. The second kappa shape index (κ2) is 7.25. The van der Waals surface area contributed by atoms with Crippen LogP contribution in [-0.4, -0.2) is 40.7 Å². The van der Waals surface area contributed by atoms with Crippen molar-refractivity contribution in [2.24, 2.45) is 0 Å². The van der Waals surface area contributed by atoms with Crippen molar-refractivity contribution >= 4 is 23.5 Å². The fourth-order valence-electron chi connectivity index (χ4n) is 0.696. The Kier molecular flexibility index (Phi) is 6.73. The van der Waals surface area contributed by atoms with E-state index in [0.717, 1.165) is 0 Å². The molecule has 0 aromatic rings. The average Bonchev–Trinajstić information content (AvgIpc) is 2.21. The van der Waals surface area contributed by atoms with Crippen LogP contribution in [0.4, 0.5) is 0 Å². The van der Waals surface area contributed by atoms with Crippen molar-refractivity contribution in [2.45, 2.75) is 19.4 Å². The molecule has 0 aromatic heterocycles. The summed E-state index contributed by atoms with van der Waals surface area (Å²) >= 11 is 5.16. The van der Waals surface area contributed by atoms with E-state index in [2.05, 4.69) is 4.74 Å². The molecule has 1 unspecified atom stereocenters. The van der Waals surface area contributed by atoms with E-state index in [9.17, 15) is 14.7 Å².